The molecule has 0 aliphatic heterocycles. The van der Waals surface area contributed by atoms with Gasteiger partial charge in [0.05, 0.1) is 5.25 Å². The van der Waals surface area contributed by atoms with Crippen molar-refractivity contribution in [2.75, 3.05) is 0 Å². The minimum Gasteiger partial charge on any atom is -0.415 e. The molecule has 0 aromatic carbocycles. The second kappa shape index (κ2) is 5.58. The Morgan fingerprint density at radius 1 is 1.12 bits per heavy atom. The van der Waals surface area contributed by atoms with Crippen molar-refractivity contribution in [2.45, 2.75) is 82.1 Å². The van der Waals surface area contributed by atoms with Crippen LogP contribution in [0.2, 0.25) is 0 Å². The van der Waals surface area contributed by atoms with Crippen LogP contribution in [0.5, 0.6) is 0 Å². The predicted molar refractivity (Wildman–Crippen MR) is 93.9 cm³/mol. The summed E-state index contributed by atoms with van der Waals surface area (Å²) in [6.45, 7) is 8.18. The van der Waals surface area contributed by atoms with E-state index in [9.17, 15) is 4.79 Å². The van der Waals surface area contributed by atoms with E-state index in [0.29, 0.717) is 16.9 Å². The second-order valence-electron chi connectivity index (χ2n) is 9.45. The molecule has 1 atom stereocenters. The molecular weight excluding hydrogens is 320 g/mol. The third-order valence-corrected chi connectivity index (χ3v) is 7.19. The van der Waals surface area contributed by atoms with E-state index in [1.807, 2.05) is 6.92 Å². The van der Waals surface area contributed by atoms with E-state index in [2.05, 4.69) is 31.0 Å². The Morgan fingerprint density at radius 2 is 1.67 bits per heavy atom. The summed E-state index contributed by atoms with van der Waals surface area (Å²) in [4.78, 5) is 13.3. The van der Waals surface area contributed by atoms with Gasteiger partial charge >= 0.3 is 0 Å². The summed E-state index contributed by atoms with van der Waals surface area (Å²) >= 11 is 1.45. The molecule has 5 heteroatoms. The monoisotopic (exact) mass is 348 g/mol. The van der Waals surface area contributed by atoms with Crippen molar-refractivity contribution in [2.24, 2.45) is 23.2 Å². The van der Waals surface area contributed by atoms with Gasteiger partial charge in [0.15, 0.2) is 5.78 Å². The lowest BCUT2D eigenvalue weighted by Gasteiger charge is -2.56. The van der Waals surface area contributed by atoms with Crippen molar-refractivity contribution >= 4 is 17.5 Å². The second-order valence-corrected chi connectivity index (χ2v) is 10.7. The van der Waals surface area contributed by atoms with Gasteiger partial charge in [0.25, 0.3) is 5.22 Å². The zero-order valence-corrected chi connectivity index (χ0v) is 16.0. The van der Waals surface area contributed by atoms with E-state index >= 15 is 0 Å². The standard InChI is InChI=1S/C19H28N2O2S/c1-11(24-17-21-20-16(23-17)18(2,3)4)15(22)19-8-12-5-13(9-19)7-14(6-12)10-19/h11-14H,5-10H2,1-4H3/t11-,12?,13?,14?,19?/m1/s1. The van der Waals surface area contributed by atoms with Crippen LogP contribution in [0.1, 0.15) is 72.1 Å². The highest BCUT2D eigenvalue weighted by Gasteiger charge is 2.55. The molecule has 4 saturated carbocycles. The quantitative estimate of drug-likeness (QED) is 0.742. The van der Waals surface area contributed by atoms with Crippen LogP contribution in [-0.2, 0) is 10.2 Å². The number of nitrogens with zero attached hydrogens (tertiary/aromatic N) is 2. The molecule has 5 rings (SSSR count). The number of Topliss-reactive ketones (excluding diaryl/α,β-unsaturated/α-hetero) is 1. The molecule has 1 aromatic heterocycles. The minimum absolute atomic E-state index is 0.0476. The van der Waals surface area contributed by atoms with Crippen LogP contribution in [0.4, 0.5) is 0 Å². The van der Waals surface area contributed by atoms with Crippen LogP contribution < -0.4 is 0 Å². The smallest absolute Gasteiger partial charge is 0.277 e. The third-order valence-electron chi connectivity index (χ3n) is 6.26. The molecule has 4 aliphatic carbocycles. The number of thioether (sulfide) groups is 1. The largest absolute Gasteiger partial charge is 0.415 e. The minimum atomic E-state index is -0.154. The molecule has 1 heterocycles. The zero-order chi connectivity index (χ0) is 17.1. The molecule has 4 nitrogen and oxygen atoms in total. The summed E-state index contributed by atoms with van der Waals surface area (Å²) in [6, 6.07) is 0. The van der Waals surface area contributed by atoms with Crippen LogP contribution >= 0.6 is 11.8 Å². The average molecular weight is 349 g/mol. The van der Waals surface area contributed by atoms with Crippen LogP contribution in [-0.4, -0.2) is 21.2 Å². The van der Waals surface area contributed by atoms with Gasteiger partial charge < -0.3 is 4.42 Å². The van der Waals surface area contributed by atoms with Gasteiger partial charge in [-0.25, -0.2) is 0 Å². The molecule has 4 aliphatic rings. The third kappa shape index (κ3) is 2.83. The van der Waals surface area contributed by atoms with Crippen molar-refractivity contribution in [3.8, 4) is 0 Å². The van der Waals surface area contributed by atoms with Crippen LogP contribution in [0.3, 0.4) is 0 Å². The van der Waals surface area contributed by atoms with Gasteiger partial charge in [0.1, 0.15) is 0 Å². The summed E-state index contributed by atoms with van der Waals surface area (Å²) in [5.74, 6) is 3.47. The molecule has 0 radical (unpaired) electrons. The Bertz CT molecular complexity index is 611. The van der Waals surface area contributed by atoms with Crippen molar-refractivity contribution in [3.63, 3.8) is 0 Å². The fourth-order valence-electron chi connectivity index (χ4n) is 5.61. The number of hydrogen-bond donors (Lipinski definition) is 0. The Hall–Kier alpha value is -0.840. The zero-order valence-electron chi connectivity index (χ0n) is 15.2. The number of rotatable bonds is 4. The summed E-state index contributed by atoms with van der Waals surface area (Å²) in [6.07, 6.45) is 7.48. The van der Waals surface area contributed by atoms with E-state index < -0.39 is 0 Å². The number of carbonyl (C=O) groups excluding carboxylic acids is 1. The summed E-state index contributed by atoms with van der Waals surface area (Å²) in [5, 5.41) is 8.72. The molecule has 0 N–H and O–H groups in total. The SMILES string of the molecule is C[C@@H](Sc1nnc(C(C)(C)C)o1)C(=O)C12CC3CC(CC(C3)C1)C2. The highest BCUT2D eigenvalue weighted by molar-refractivity contribution is 8.00. The van der Waals surface area contributed by atoms with Gasteiger partial charge in [0, 0.05) is 10.8 Å². The van der Waals surface area contributed by atoms with E-state index in [1.165, 1.54) is 31.0 Å². The van der Waals surface area contributed by atoms with Gasteiger partial charge in [-0.05, 0) is 63.2 Å². The maximum atomic E-state index is 13.3. The molecule has 0 amide bonds. The highest BCUT2D eigenvalue weighted by Crippen LogP contribution is 2.61. The average Bonchev–Trinajstić information content (AvgIpc) is 2.93. The number of aromatic nitrogens is 2. The van der Waals surface area contributed by atoms with E-state index in [0.717, 1.165) is 37.0 Å². The molecule has 1 aromatic rings. The molecule has 132 valence electrons. The number of carbonyl (C=O) groups is 1. The van der Waals surface area contributed by atoms with E-state index in [4.69, 9.17) is 4.42 Å². The van der Waals surface area contributed by atoms with Crippen LogP contribution in [0.15, 0.2) is 9.64 Å². The van der Waals surface area contributed by atoms with Gasteiger partial charge in [-0.1, -0.05) is 32.5 Å². The maximum absolute atomic E-state index is 13.3. The van der Waals surface area contributed by atoms with Gasteiger partial charge in [-0.15, -0.1) is 10.2 Å². The van der Waals surface area contributed by atoms with Gasteiger partial charge in [-0.2, -0.15) is 0 Å². The highest BCUT2D eigenvalue weighted by atomic mass is 32.2. The Kier molecular flexibility index (Phi) is 3.87. The fraction of sp³-hybridized carbons (Fsp3) is 0.842. The molecule has 0 saturated heterocycles. The lowest BCUT2D eigenvalue weighted by molar-refractivity contribution is -0.143. The first-order valence-electron chi connectivity index (χ1n) is 9.30. The van der Waals surface area contributed by atoms with Gasteiger partial charge in [0.2, 0.25) is 5.89 Å². The number of hydrogen-bond acceptors (Lipinski definition) is 5. The van der Waals surface area contributed by atoms with Crippen molar-refractivity contribution in [3.05, 3.63) is 5.89 Å². The molecule has 0 spiro atoms. The predicted octanol–water partition coefficient (Wildman–Crippen LogP) is 4.63. The molecule has 4 fully saturated rings. The lowest BCUT2D eigenvalue weighted by Crippen LogP contribution is -2.51. The Morgan fingerprint density at radius 3 is 2.12 bits per heavy atom. The van der Waals surface area contributed by atoms with Crippen molar-refractivity contribution < 1.29 is 9.21 Å². The van der Waals surface area contributed by atoms with E-state index in [1.54, 1.807) is 0 Å². The van der Waals surface area contributed by atoms with Crippen molar-refractivity contribution in [1.29, 1.82) is 0 Å². The normalized spacial score (nSPS) is 36.1. The summed E-state index contributed by atoms with van der Waals surface area (Å²) in [7, 11) is 0. The molecule has 24 heavy (non-hydrogen) atoms. The fourth-order valence-corrected chi connectivity index (χ4v) is 6.48. The Labute approximate surface area is 148 Å². The summed E-state index contributed by atoms with van der Waals surface area (Å²) < 4.78 is 5.78. The molecular formula is C19H28N2O2S. The van der Waals surface area contributed by atoms with Crippen LogP contribution in [0.25, 0.3) is 0 Å². The lowest BCUT2D eigenvalue weighted by atomic mass is 9.48. The first kappa shape index (κ1) is 16.6. The summed E-state index contributed by atoms with van der Waals surface area (Å²) in [5.41, 5.74) is -0.201. The Balaban J connectivity index is 1.47. The molecule has 4 bridgehead atoms. The number of ketones is 1. The topological polar surface area (TPSA) is 56.0 Å². The van der Waals surface area contributed by atoms with Crippen molar-refractivity contribution in [1.82, 2.24) is 10.2 Å². The first-order valence-corrected chi connectivity index (χ1v) is 10.2. The molecule has 0 unspecified atom stereocenters. The maximum Gasteiger partial charge on any atom is 0.277 e. The van der Waals surface area contributed by atoms with E-state index in [-0.39, 0.29) is 16.1 Å². The van der Waals surface area contributed by atoms with Gasteiger partial charge in [-0.3, -0.25) is 4.79 Å². The van der Waals surface area contributed by atoms with Crippen LogP contribution in [0, 0.1) is 23.2 Å². The first-order chi connectivity index (χ1) is 11.2.